The normalized spacial score (nSPS) is 55.2. The Morgan fingerprint density at radius 2 is 1.40 bits per heavy atom. The van der Waals surface area contributed by atoms with Crippen LogP contribution in [0.4, 0.5) is 0 Å². The van der Waals surface area contributed by atoms with E-state index in [9.17, 15) is 0 Å². The Bertz CT molecular complexity index is 285. The van der Waals surface area contributed by atoms with Gasteiger partial charge in [-0.25, -0.2) is 0 Å². The fraction of sp³-hybridized carbons (Fsp3) is 0.400. The summed E-state index contributed by atoms with van der Waals surface area (Å²) in [5.74, 6) is 2.36. The van der Waals surface area contributed by atoms with Crippen molar-refractivity contribution in [2.45, 2.75) is 0 Å². The van der Waals surface area contributed by atoms with Crippen LogP contribution in [0.1, 0.15) is 1.37 Å². The van der Waals surface area contributed by atoms with Gasteiger partial charge in [0.15, 0.2) is 0 Å². The summed E-state index contributed by atoms with van der Waals surface area (Å²) in [5.41, 5.74) is 0. The standard InChI is InChI=1S/C10H10/c1-2-8-5-6-9-4-3-7(1)10(8)9/h1-10H/i1D. The highest BCUT2D eigenvalue weighted by Crippen LogP contribution is 2.47. The molecule has 4 atom stereocenters. The molecule has 0 saturated carbocycles. The Labute approximate surface area is 62.3 Å². The van der Waals surface area contributed by atoms with E-state index in [-0.39, 0.29) is 0 Å². The fourth-order valence-corrected chi connectivity index (χ4v) is 2.37. The summed E-state index contributed by atoms with van der Waals surface area (Å²) in [6.07, 6.45) is 11.1. The maximum absolute atomic E-state index is 7.69. The Morgan fingerprint density at radius 3 is 2.20 bits per heavy atom. The van der Waals surface area contributed by atoms with Crippen LogP contribution < -0.4 is 0 Å². The lowest BCUT2D eigenvalue weighted by atomic mass is 9.89. The predicted octanol–water partition coefficient (Wildman–Crippen LogP) is 2.16. The molecule has 4 unspecified atom stereocenters. The van der Waals surface area contributed by atoms with Gasteiger partial charge in [0.05, 0.1) is 1.37 Å². The smallest absolute Gasteiger partial charge is 0.0579 e. The van der Waals surface area contributed by atoms with Gasteiger partial charge in [-0.05, 0) is 23.7 Å². The van der Waals surface area contributed by atoms with Gasteiger partial charge < -0.3 is 0 Å². The molecule has 0 heteroatoms. The molecular formula is C10H10. The van der Waals surface area contributed by atoms with E-state index >= 15 is 0 Å². The molecule has 0 heterocycles. The van der Waals surface area contributed by atoms with Crippen LogP contribution in [0, 0.1) is 23.7 Å². The molecule has 0 fully saturated rings. The lowest BCUT2D eigenvalue weighted by Crippen LogP contribution is -2.10. The third-order valence-corrected chi connectivity index (χ3v) is 2.88. The third-order valence-electron chi connectivity index (χ3n) is 2.88. The second kappa shape index (κ2) is 1.45. The molecule has 3 rings (SSSR count). The molecule has 3 aliphatic carbocycles. The Morgan fingerprint density at radius 1 is 0.800 bits per heavy atom. The van der Waals surface area contributed by atoms with Crippen molar-refractivity contribution in [2.75, 3.05) is 0 Å². The quantitative estimate of drug-likeness (QED) is 0.442. The average molecular weight is 131 g/mol. The molecule has 0 spiro atoms. The molecule has 0 aliphatic heterocycles. The molecule has 50 valence electrons. The minimum absolute atomic E-state index is 0.444. The first-order valence-corrected chi connectivity index (χ1v) is 3.91. The predicted molar refractivity (Wildman–Crippen MR) is 41.4 cm³/mol. The molecule has 0 nitrogen and oxygen atoms in total. The molecule has 0 radical (unpaired) electrons. The van der Waals surface area contributed by atoms with E-state index in [1.54, 1.807) is 0 Å². The van der Waals surface area contributed by atoms with Gasteiger partial charge in [0.25, 0.3) is 0 Å². The second-order valence-electron chi connectivity index (χ2n) is 3.36. The number of hydrogen-bond donors (Lipinski definition) is 0. The minimum atomic E-state index is 0.444. The zero-order valence-electron chi connectivity index (χ0n) is 6.70. The van der Waals surface area contributed by atoms with Gasteiger partial charge in [0, 0.05) is 0 Å². The number of allylic oxidation sites excluding steroid dienone is 6. The zero-order chi connectivity index (χ0) is 7.42. The molecular weight excluding hydrogens is 120 g/mol. The first-order valence-electron chi connectivity index (χ1n) is 4.41. The first-order chi connectivity index (χ1) is 5.36. The summed E-state index contributed by atoms with van der Waals surface area (Å²) in [5, 5.41) is 0. The molecule has 0 aromatic carbocycles. The molecule has 3 aliphatic rings. The van der Waals surface area contributed by atoms with Gasteiger partial charge >= 0.3 is 0 Å². The van der Waals surface area contributed by atoms with Crippen LogP contribution in [0.5, 0.6) is 0 Å². The number of rotatable bonds is 0. The maximum Gasteiger partial charge on any atom is 0.0579 e. The molecule has 10 heavy (non-hydrogen) atoms. The SMILES string of the molecule is [2H]C1=CC2C=CC3C=CC1C32. The van der Waals surface area contributed by atoms with Crippen molar-refractivity contribution in [3.63, 3.8) is 0 Å². The van der Waals surface area contributed by atoms with E-state index in [2.05, 4.69) is 30.4 Å². The summed E-state index contributed by atoms with van der Waals surface area (Å²) < 4.78 is 7.69. The van der Waals surface area contributed by atoms with Crippen LogP contribution >= 0.6 is 0 Å². The van der Waals surface area contributed by atoms with Crippen LogP contribution in [0.25, 0.3) is 0 Å². The lowest BCUT2D eigenvalue weighted by molar-refractivity contribution is 0.419. The second-order valence-corrected chi connectivity index (χ2v) is 3.36. The summed E-state index contributed by atoms with van der Waals surface area (Å²) in [7, 11) is 0. The van der Waals surface area contributed by atoms with Crippen molar-refractivity contribution < 1.29 is 1.37 Å². The summed E-state index contributed by atoms with van der Waals surface area (Å²) in [6, 6.07) is 0.836. The fourth-order valence-electron chi connectivity index (χ4n) is 2.37. The Kier molecular flexibility index (Phi) is 0.603. The monoisotopic (exact) mass is 131 g/mol. The van der Waals surface area contributed by atoms with E-state index < -0.39 is 0 Å². The van der Waals surface area contributed by atoms with Gasteiger partial charge in [-0.2, -0.15) is 0 Å². The van der Waals surface area contributed by atoms with Gasteiger partial charge in [0.2, 0.25) is 0 Å². The minimum Gasteiger partial charge on any atom is -0.0807 e. The number of hydrogen-bond acceptors (Lipinski definition) is 0. The van der Waals surface area contributed by atoms with E-state index in [1.807, 2.05) is 0 Å². The van der Waals surface area contributed by atoms with E-state index in [4.69, 9.17) is 1.37 Å². The summed E-state index contributed by atoms with van der Waals surface area (Å²) in [6.45, 7) is 0. The highest BCUT2D eigenvalue weighted by atomic mass is 14.4. The highest BCUT2D eigenvalue weighted by molar-refractivity contribution is 5.32. The topological polar surface area (TPSA) is 0 Å². The highest BCUT2D eigenvalue weighted by Gasteiger charge is 2.39. The first kappa shape index (κ1) is 4.17. The molecule has 0 saturated heterocycles. The van der Waals surface area contributed by atoms with Crippen molar-refractivity contribution in [3.05, 3.63) is 36.4 Å². The van der Waals surface area contributed by atoms with E-state index in [0.29, 0.717) is 23.7 Å². The van der Waals surface area contributed by atoms with Crippen molar-refractivity contribution in [1.82, 2.24) is 0 Å². The van der Waals surface area contributed by atoms with Crippen LogP contribution in [0.2, 0.25) is 0 Å². The maximum atomic E-state index is 7.69. The van der Waals surface area contributed by atoms with Crippen LogP contribution in [0.15, 0.2) is 36.4 Å². The molecule has 0 aromatic rings. The molecule has 0 bridgehead atoms. The van der Waals surface area contributed by atoms with Gasteiger partial charge in [-0.15, -0.1) is 0 Å². The summed E-state index contributed by atoms with van der Waals surface area (Å²) >= 11 is 0. The van der Waals surface area contributed by atoms with E-state index in [1.165, 1.54) is 0 Å². The van der Waals surface area contributed by atoms with Crippen molar-refractivity contribution in [1.29, 1.82) is 0 Å². The lowest BCUT2D eigenvalue weighted by Gasteiger charge is -2.14. The van der Waals surface area contributed by atoms with Gasteiger partial charge in [-0.3, -0.25) is 0 Å². The largest absolute Gasteiger partial charge is 0.0807 e. The van der Waals surface area contributed by atoms with Gasteiger partial charge in [0.1, 0.15) is 0 Å². The van der Waals surface area contributed by atoms with Crippen molar-refractivity contribution >= 4 is 0 Å². The third kappa shape index (κ3) is 0.406. The average Bonchev–Trinajstić information content (AvgIpc) is 2.53. The van der Waals surface area contributed by atoms with Crippen LogP contribution in [-0.4, -0.2) is 0 Å². The Balaban J connectivity index is 2.13. The van der Waals surface area contributed by atoms with E-state index in [0.717, 1.165) is 6.05 Å². The molecule has 0 aromatic heterocycles. The molecule has 0 N–H and O–H groups in total. The van der Waals surface area contributed by atoms with Gasteiger partial charge in [-0.1, -0.05) is 36.4 Å². The zero-order valence-corrected chi connectivity index (χ0v) is 5.70. The Hall–Kier alpha value is -0.780. The van der Waals surface area contributed by atoms with Crippen LogP contribution in [0.3, 0.4) is 0 Å². The van der Waals surface area contributed by atoms with Crippen LogP contribution in [-0.2, 0) is 0 Å². The molecule has 0 amide bonds. The van der Waals surface area contributed by atoms with Crippen molar-refractivity contribution in [2.24, 2.45) is 23.7 Å². The summed E-state index contributed by atoms with van der Waals surface area (Å²) in [4.78, 5) is 0. The van der Waals surface area contributed by atoms with Crippen molar-refractivity contribution in [3.8, 4) is 0 Å².